The zero-order valence-electron chi connectivity index (χ0n) is 10.9. The van der Waals surface area contributed by atoms with Gasteiger partial charge in [0.2, 0.25) is 0 Å². The van der Waals surface area contributed by atoms with Crippen LogP contribution in [-0.2, 0) is 14.6 Å². The molecule has 1 aromatic rings. The maximum absolute atomic E-state index is 11.7. The number of nitrogens with zero attached hydrogens (tertiary/aromatic N) is 1. The zero-order chi connectivity index (χ0) is 14.9. The Kier molecular flexibility index (Phi) is 4.25. The van der Waals surface area contributed by atoms with E-state index in [9.17, 15) is 18.3 Å². The molecule has 2 rings (SSSR count). The van der Waals surface area contributed by atoms with E-state index in [1.54, 1.807) is 4.90 Å². The Bertz CT molecular complexity index is 588. The number of carbonyl (C=O) groups is 1. The Morgan fingerprint density at radius 2 is 2.00 bits per heavy atom. The first-order chi connectivity index (χ1) is 9.34. The predicted molar refractivity (Wildman–Crippen MR) is 77.9 cm³/mol. The highest BCUT2D eigenvalue weighted by molar-refractivity contribution is 7.93. The minimum absolute atomic E-state index is 0.102. The molecular weight excluding hydrogens is 302 g/mol. The highest BCUT2D eigenvalue weighted by Gasteiger charge is 2.52. The molecule has 20 heavy (non-hydrogen) atoms. The van der Waals surface area contributed by atoms with Crippen molar-refractivity contribution < 1.29 is 18.3 Å². The lowest BCUT2D eigenvalue weighted by Gasteiger charge is -2.07. The van der Waals surface area contributed by atoms with Crippen molar-refractivity contribution in [1.29, 1.82) is 0 Å². The molecule has 1 aliphatic rings. The molecule has 0 aliphatic carbocycles. The van der Waals surface area contributed by atoms with E-state index in [1.807, 2.05) is 30.3 Å². The molecule has 1 heterocycles. The summed E-state index contributed by atoms with van der Waals surface area (Å²) in [5.74, 6) is -1.04. The smallest absolute Gasteiger partial charge is 0.328 e. The Hall–Kier alpha value is -1.27. The van der Waals surface area contributed by atoms with Crippen molar-refractivity contribution in [3.05, 3.63) is 30.3 Å². The van der Waals surface area contributed by atoms with Crippen molar-refractivity contribution in [3.8, 4) is 0 Å². The van der Waals surface area contributed by atoms with Crippen LogP contribution in [0.1, 0.15) is 13.3 Å². The average molecular weight is 318 g/mol. The van der Waals surface area contributed by atoms with E-state index in [4.69, 9.17) is 11.6 Å². The van der Waals surface area contributed by atoms with Crippen molar-refractivity contribution in [1.82, 2.24) is 0 Å². The number of carboxylic acid groups (broad SMARTS) is 1. The maximum Gasteiger partial charge on any atom is 0.328 e. The third kappa shape index (κ3) is 3.07. The fourth-order valence-electron chi connectivity index (χ4n) is 2.26. The van der Waals surface area contributed by atoms with Gasteiger partial charge in [0.1, 0.15) is 10.8 Å². The van der Waals surface area contributed by atoms with Gasteiger partial charge in [0, 0.05) is 5.69 Å². The summed E-state index contributed by atoms with van der Waals surface area (Å²) < 4.78 is 22.4. The van der Waals surface area contributed by atoms with Crippen LogP contribution in [0.3, 0.4) is 0 Å². The summed E-state index contributed by atoms with van der Waals surface area (Å²) in [4.78, 5) is 12.9. The summed E-state index contributed by atoms with van der Waals surface area (Å²) in [5.41, 5.74) is 0.793. The molecule has 0 bridgehead atoms. The van der Waals surface area contributed by atoms with Crippen LogP contribution in [-0.4, -0.2) is 42.0 Å². The Morgan fingerprint density at radius 1 is 1.40 bits per heavy atom. The van der Waals surface area contributed by atoms with Gasteiger partial charge in [0.25, 0.3) is 0 Å². The van der Waals surface area contributed by atoms with Crippen LogP contribution in [0.15, 0.2) is 30.3 Å². The van der Waals surface area contributed by atoms with Gasteiger partial charge in [-0.05, 0) is 25.5 Å². The molecule has 0 radical (unpaired) electrons. The van der Waals surface area contributed by atoms with Crippen LogP contribution in [0.4, 0.5) is 5.69 Å². The standard InChI is InChI=1S/C13H16ClNO4S/c1-9(14)20(18,19)8-7-11-12(13(16)17)15(11)10-5-3-2-4-6-10/h2-6,9,11-12H,7-8H2,1H3,(H,16,17). The second kappa shape index (κ2) is 5.61. The molecule has 1 aromatic carbocycles. The number of para-hydroxylation sites is 1. The molecule has 0 saturated carbocycles. The monoisotopic (exact) mass is 317 g/mol. The van der Waals surface area contributed by atoms with Gasteiger partial charge in [-0.3, -0.25) is 0 Å². The van der Waals surface area contributed by atoms with Crippen molar-refractivity contribution in [3.63, 3.8) is 0 Å². The maximum atomic E-state index is 11.7. The summed E-state index contributed by atoms with van der Waals surface area (Å²) in [6.07, 6.45) is 0.269. The fraction of sp³-hybridized carbons (Fsp3) is 0.462. The van der Waals surface area contributed by atoms with Crippen LogP contribution >= 0.6 is 11.6 Å². The van der Waals surface area contributed by atoms with Crippen LogP contribution < -0.4 is 4.90 Å². The first-order valence-corrected chi connectivity index (χ1v) is 8.41. The van der Waals surface area contributed by atoms with E-state index >= 15 is 0 Å². The summed E-state index contributed by atoms with van der Waals surface area (Å²) in [6, 6.07) is 8.17. The largest absolute Gasteiger partial charge is 0.480 e. The van der Waals surface area contributed by atoms with Crippen molar-refractivity contribution >= 4 is 33.1 Å². The van der Waals surface area contributed by atoms with Gasteiger partial charge in [-0.2, -0.15) is 0 Å². The number of aliphatic carboxylic acids is 1. The molecular formula is C13H16ClNO4S. The highest BCUT2D eigenvalue weighted by Crippen LogP contribution is 2.37. The molecule has 3 atom stereocenters. The molecule has 1 N–H and O–H groups in total. The molecule has 110 valence electrons. The van der Waals surface area contributed by atoms with Crippen LogP contribution in [0.5, 0.6) is 0 Å². The second-order valence-corrected chi connectivity index (χ2v) is 8.15. The third-order valence-corrected chi connectivity index (χ3v) is 6.04. The Morgan fingerprint density at radius 3 is 2.50 bits per heavy atom. The van der Waals surface area contributed by atoms with E-state index < -0.39 is 26.6 Å². The third-order valence-electron chi connectivity index (χ3n) is 3.43. The topological polar surface area (TPSA) is 74.5 Å². The van der Waals surface area contributed by atoms with Crippen LogP contribution in [0.2, 0.25) is 0 Å². The lowest BCUT2D eigenvalue weighted by Crippen LogP contribution is -2.18. The molecule has 1 aliphatic heterocycles. The SMILES string of the molecule is CC(Cl)S(=O)(=O)CCC1C(C(=O)O)N1c1ccccc1. The molecule has 0 amide bonds. The number of rotatable bonds is 6. The number of halogens is 1. The summed E-state index contributed by atoms with van der Waals surface area (Å²) in [6.45, 7) is 1.41. The van der Waals surface area contributed by atoms with Crippen molar-refractivity contribution in [2.45, 2.75) is 30.1 Å². The average Bonchev–Trinajstić information content (AvgIpc) is 3.12. The molecule has 0 spiro atoms. The second-order valence-electron chi connectivity index (χ2n) is 4.79. The lowest BCUT2D eigenvalue weighted by atomic mass is 10.2. The number of benzene rings is 1. The first-order valence-electron chi connectivity index (χ1n) is 6.26. The van der Waals surface area contributed by atoms with Crippen LogP contribution in [0, 0.1) is 0 Å². The first kappa shape index (κ1) is 15.1. The molecule has 1 fully saturated rings. The minimum atomic E-state index is -3.36. The Balaban J connectivity index is 2.07. The number of alkyl halides is 1. The van der Waals surface area contributed by atoms with Gasteiger partial charge >= 0.3 is 5.97 Å². The highest BCUT2D eigenvalue weighted by atomic mass is 35.5. The number of hydrogen-bond donors (Lipinski definition) is 1. The van der Waals surface area contributed by atoms with E-state index in [1.165, 1.54) is 6.92 Å². The summed E-state index contributed by atoms with van der Waals surface area (Å²) in [7, 11) is -3.36. The van der Waals surface area contributed by atoms with E-state index in [0.717, 1.165) is 5.69 Å². The molecule has 1 saturated heterocycles. The summed E-state index contributed by atoms with van der Waals surface area (Å²) in [5, 5.41) is 9.18. The molecule has 7 heteroatoms. The predicted octanol–water partition coefficient (Wildman–Crippen LogP) is 1.72. The lowest BCUT2D eigenvalue weighted by molar-refractivity contribution is -0.136. The number of anilines is 1. The molecule has 5 nitrogen and oxygen atoms in total. The van der Waals surface area contributed by atoms with Gasteiger partial charge in [-0.25, -0.2) is 13.2 Å². The zero-order valence-corrected chi connectivity index (χ0v) is 12.5. The molecule has 3 unspecified atom stereocenters. The molecule has 0 aromatic heterocycles. The van der Waals surface area contributed by atoms with Gasteiger partial charge in [0.15, 0.2) is 9.84 Å². The normalized spacial score (nSPS) is 23.4. The van der Waals surface area contributed by atoms with Gasteiger partial charge in [-0.15, -0.1) is 11.6 Å². The fourth-order valence-corrected chi connectivity index (χ4v) is 3.42. The minimum Gasteiger partial charge on any atom is -0.480 e. The van der Waals surface area contributed by atoms with Crippen LogP contribution in [0.25, 0.3) is 0 Å². The Labute approximate surface area is 123 Å². The summed E-state index contributed by atoms with van der Waals surface area (Å²) >= 11 is 5.61. The van der Waals surface area contributed by atoms with E-state index in [-0.39, 0.29) is 18.2 Å². The van der Waals surface area contributed by atoms with Gasteiger partial charge in [0.05, 0.1) is 11.8 Å². The van der Waals surface area contributed by atoms with E-state index in [2.05, 4.69) is 0 Å². The van der Waals surface area contributed by atoms with Gasteiger partial charge < -0.3 is 10.0 Å². The van der Waals surface area contributed by atoms with Crippen molar-refractivity contribution in [2.75, 3.05) is 10.7 Å². The number of hydrogen-bond acceptors (Lipinski definition) is 4. The number of carboxylic acids is 1. The quantitative estimate of drug-likeness (QED) is 0.638. The van der Waals surface area contributed by atoms with E-state index in [0.29, 0.717) is 0 Å². The number of sulfone groups is 1. The van der Waals surface area contributed by atoms with Gasteiger partial charge in [-0.1, -0.05) is 18.2 Å². The van der Waals surface area contributed by atoms with Crippen molar-refractivity contribution in [2.24, 2.45) is 0 Å².